The van der Waals surface area contributed by atoms with Crippen molar-refractivity contribution in [3.05, 3.63) is 95.1 Å². The molecule has 0 atom stereocenters. The van der Waals surface area contributed by atoms with Crippen LogP contribution in [0.4, 0.5) is 0 Å². The molecule has 2 N–H and O–H groups in total. The molecular weight excluding hydrogens is 380 g/mol. The van der Waals surface area contributed by atoms with Gasteiger partial charge in [-0.3, -0.25) is 0 Å². The average Bonchev–Trinajstić information content (AvgIpc) is 3.55. The molecule has 3 aromatic heterocycles. The van der Waals surface area contributed by atoms with Crippen molar-refractivity contribution in [2.75, 3.05) is 0 Å². The molecule has 0 fully saturated rings. The fraction of sp³-hybridized carbons (Fsp3) is 0.0370. The molecule has 0 saturated carbocycles. The maximum Gasteiger partial charge on any atom is 0.0737 e. The molecule has 1 aromatic carbocycles. The Bertz CT molecular complexity index is 1550. The Labute approximate surface area is 179 Å². The fourth-order valence-corrected chi connectivity index (χ4v) is 4.15. The first-order chi connectivity index (χ1) is 15.2. The van der Waals surface area contributed by atoms with E-state index in [9.17, 15) is 0 Å². The smallest absolute Gasteiger partial charge is 0.0737 e. The van der Waals surface area contributed by atoms with E-state index in [-0.39, 0.29) is 0 Å². The van der Waals surface area contributed by atoms with Crippen molar-refractivity contribution in [3.8, 4) is 11.1 Å². The van der Waals surface area contributed by atoms with Crippen LogP contribution in [0.1, 0.15) is 28.3 Å². The molecule has 4 heteroatoms. The lowest BCUT2D eigenvalue weighted by atomic mass is 9.99. The molecule has 5 heterocycles. The molecule has 0 amide bonds. The number of H-pyrrole nitrogens is 2. The molecule has 4 nitrogen and oxygen atoms in total. The van der Waals surface area contributed by atoms with Gasteiger partial charge in [0.25, 0.3) is 0 Å². The molecule has 0 aliphatic carbocycles. The third kappa shape index (κ3) is 3.28. The van der Waals surface area contributed by atoms with E-state index in [0.717, 1.165) is 50.4 Å². The highest BCUT2D eigenvalue weighted by Gasteiger charge is 2.12. The van der Waals surface area contributed by atoms with Gasteiger partial charge in [-0.2, -0.15) is 0 Å². The minimum Gasteiger partial charge on any atom is -0.355 e. The Balaban J connectivity index is 1.74. The Kier molecular flexibility index (Phi) is 3.96. The van der Waals surface area contributed by atoms with Crippen molar-refractivity contribution in [1.82, 2.24) is 19.9 Å². The van der Waals surface area contributed by atoms with Gasteiger partial charge in [-0.1, -0.05) is 24.3 Å². The van der Waals surface area contributed by atoms with Crippen LogP contribution in [0.2, 0.25) is 0 Å². The minimum atomic E-state index is 0.925. The third-order valence-electron chi connectivity index (χ3n) is 5.63. The first-order valence-electron chi connectivity index (χ1n) is 10.3. The Morgan fingerprint density at radius 3 is 1.97 bits per heavy atom. The molecule has 0 radical (unpaired) electrons. The van der Waals surface area contributed by atoms with Gasteiger partial charge in [0, 0.05) is 27.6 Å². The predicted octanol–water partition coefficient (Wildman–Crippen LogP) is 6.63. The summed E-state index contributed by atoms with van der Waals surface area (Å²) >= 11 is 0. The van der Waals surface area contributed by atoms with Crippen molar-refractivity contribution in [2.24, 2.45) is 0 Å². The largest absolute Gasteiger partial charge is 0.355 e. The van der Waals surface area contributed by atoms with Gasteiger partial charge in [-0.25, -0.2) is 9.97 Å². The van der Waals surface area contributed by atoms with Gasteiger partial charge in [-0.05, 0) is 84.8 Å². The van der Waals surface area contributed by atoms with E-state index in [1.54, 1.807) is 0 Å². The second-order valence-electron chi connectivity index (χ2n) is 7.87. The number of benzene rings is 1. The van der Waals surface area contributed by atoms with Crippen molar-refractivity contribution in [3.63, 3.8) is 0 Å². The van der Waals surface area contributed by atoms with E-state index in [0.29, 0.717) is 0 Å². The highest BCUT2D eigenvalue weighted by atomic mass is 14.8. The van der Waals surface area contributed by atoms with Crippen molar-refractivity contribution in [1.29, 1.82) is 0 Å². The number of aromatic nitrogens is 4. The van der Waals surface area contributed by atoms with Gasteiger partial charge < -0.3 is 9.97 Å². The lowest BCUT2D eigenvalue weighted by Crippen LogP contribution is -1.88. The minimum absolute atomic E-state index is 0.925. The molecule has 6 rings (SSSR count). The molecule has 8 bridgehead atoms. The van der Waals surface area contributed by atoms with E-state index >= 15 is 0 Å². The van der Waals surface area contributed by atoms with Crippen molar-refractivity contribution in [2.45, 2.75) is 6.92 Å². The Morgan fingerprint density at radius 2 is 1.23 bits per heavy atom. The van der Waals surface area contributed by atoms with Gasteiger partial charge in [-0.15, -0.1) is 0 Å². The SMILES string of the molecule is Cc1ccccc1-c1c2nc(cc3ccc(cc4nc(cc5ccc1[nH]5)C=C4)[nH]3)C=C2. The molecule has 0 saturated heterocycles. The summed E-state index contributed by atoms with van der Waals surface area (Å²) in [6.07, 6.45) is 8.23. The summed E-state index contributed by atoms with van der Waals surface area (Å²) in [5, 5.41) is 0. The van der Waals surface area contributed by atoms with E-state index < -0.39 is 0 Å². The van der Waals surface area contributed by atoms with Gasteiger partial charge in [0.1, 0.15) is 0 Å². The van der Waals surface area contributed by atoms with Crippen LogP contribution in [-0.2, 0) is 0 Å². The van der Waals surface area contributed by atoms with E-state index in [4.69, 9.17) is 9.97 Å². The summed E-state index contributed by atoms with van der Waals surface area (Å²) in [4.78, 5) is 16.7. The summed E-state index contributed by atoms with van der Waals surface area (Å²) in [5.41, 5.74) is 11.3. The molecule has 2 aliphatic heterocycles. The summed E-state index contributed by atoms with van der Waals surface area (Å²) < 4.78 is 0. The number of nitrogens with zero attached hydrogens (tertiary/aromatic N) is 2. The number of aryl methyl sites for hydroxylation is 1. The molecule has 4 aromatic rings. The van der Waals surface area contributed by atoms with Crippen molar-refractivity contribution < 1.29 is 0 Å². The maximum atomic E-state index is 4.95. The van der Waals surface area contributed by atoms with E-state index in [2.05, 4.69) is 95.8 Å². The van der Waals surface area contributed by atoms with Crippen LogP contribution in [-0.4, -0.2) is 19.9 Å². The molecule has 148 valence electrons. The van der Waals surface area contributed by atoms with E-state index in [1.807, 2.05) is 12.2 Å². The zero-order chi connectivity index (χ0) is 20.8. The van der Waals surface area contributed by atoms with Crippen LogP contribution < -0.4 is 0 Å². The van der Waals surface area contributed by atoms with Crippen LogP contribution >= 0.6 is 0 Å². The third-order valence-corrected chi connectivity index (χ3v) is 5.63. The molecule has 0 spiro atoms. The number of hydrogen-bond acceptors (Lipinski definition) is 2. The summed E-state index contributed by atoms with van der Waals surface area (Å²) in [5.74, 6) is 0. The number of rotatable bonds is 1. The lowest BCUT2D eigenvalue weighted by Gasteiger charge is -2.07. The predicted molar refractivity (Wildman–Crippen MR) is 129 cm³/mol. The van der Waals surface area contributed by atoms with Gasteiger partial charge in [0.05, 0.1) is 22.8 Å². The number of hydrogen-bond donors (Lipinski definition) is 2. The topological polar surface area (TPSA) is 57.4 Å². The summed E-state index contributed by atoms with van der Waals surface area (Å²) in [6.45, 7) is 2.14. The fourth-order valence-electron chi connectivity index (χ4n) is 4.15. The van der Waals surface area contributed by atoms with Crippen LogP contribution in [0.25, 0.3) is 57.5 Å². The molecule has 0 unspecified atom stereocenters. The second kappa shape index (κ2) is 6.96. The first-order valence-corrected chi connectivity index (χ1v) is 10.3. The maximum absolute atomic E-state index is 4.95. The monoisotopic (exact) mass is 400 g/mol. The van der Waals surface area contributed by atoms with Crippen molar-refractivity contribution >= 4 is 46.4 Å². The van der Waals surface area contributed by atoms with Gasteiger partial charge in [0.15, 0.2) is 0 Å². The highest BCUT2D eigenvalue weighted by molar-refractivity contribution is 5.92. The second-order valence-corrected chi connectivity index (χ2v) is 7.87. The zero-order valence-electron chi connectivity index (χ0n) is 17.1. The molecular formula is C27H20N4. The van der Waals surface area contributed by atoms with Crippen LogP contribution in [0.5, 0.6) is 0 Å². The highest BCUT2D eigenvalue weighted by Crippen LogP contribution is 2.32. The standard InChI is InChI=1S/C27H20N4/c1-17-4-2-3-5-24(17)27-25-12-10-22(30-25)15-20-8-6-18(28-20)14-19-7-9-21(29-19)16-23-11-13-26(27)31-23/h2-16,28,31H,1H3. The zero-order valence-corrected chi connectivity index (χ0v) is 17.1. The summed E-state index contributed by atoms with van der Waals surface area (Å²) in [6, 6.07) is 23.0. The van der Waals surface area contributed by atoms with E-state index in [1.165, 1.54) is 11.1 Å². The first kappa shape index (κ1) is 17.7. The van der Waals surface area contributed by atoms with Crippen LogP contribution in [0.3, 0.4) is 0 Å². The number of nitrogens with one attached hydrogen (secondary N) is 2. The number of fused-ring (bicyclic) bond motifs is 8. The quantitative estimate of drug-likeness (QED) is 0.325. The van der Waals surface area contributed by atoms with Crippen LogP contribution in [0, 0.1) is 6.92 Å². The van der Waals surface area contributed by atoms with Gasteiger partial charge in [0.2, 0.25) is 0 Å². The summed E-state index contributed by atoms with van der Waals surface area (Å²) in [7, 11) is 0. The van der Waals surface area contributed by atoms with Crippen LogP contribution in [0.15, 0.2) is 66.7 Å². The lowest BCUT2D eigenvalue weighted by molar-refractivity contribution is 1.31. The average molecular weight is 400 g/mol. The van der Waals surface area contributed by atoms with Gasteiger partial charge >= 0.3 is 0 Å². The Hall–Kier alpha value is -4.18. The molecule has 31 heavy (non-hydrogen) atoms. The Morgan fingerprint density at radius 1 is 0.613 bits per heavy atom. The molecule has 2 aliphatic rings. The number of aromatic amines is 2. The normalized spacial score (nSPS) is 12.4.